The smallest absolute Gasteiger partial charge is 0.0408 e. The Morgan fingerprint density at radius 1 is 1.05 bits per heavy atom. The second-order valence-corrected chi connectivity index (χ2v) is 6.43. The molecule has 0 aromatic heterocycles. The van der Waals surface area contributed by atoms with Gasteiger partial charge in [0, 0.05) is 23.5 Å². The zero-order chi connectivity index (χ0) is 14.2. The first kappa shape index (κ1) is 13.7. The summed E-state index contributed by atoms with van der Waals surface area (Å²) in [5.74, 6) is 0. The van der Waals surface area contributed by atoms with Gasteiger partial charge in [-0.15, -0.1) is 0 Å². The molecule has 1 heterocycles. The minimum absolute atomic E-state index is 0.201. The third-order valence-electron chi connectivity index (χ3n) is 4.48. The molecule has 1 fully saturated rings. The molecule has 0 spiro atoms. The highest BCUT2D eigenvalue weighted by Crippen LogP contribution is 2.34. The first-order valence-electron chi connectivity index (χ1n) is 7.12. The van der Waals surface area contributed by atoms with Gasteiger partial charge in [0.25, 0.3) is 0 Å². The monoisotopic (exact) mass is 285 g/mol. The lowest BCUT2D eigenvalue weighted by atomic mass is 9.71. The van der Waals surface area contributed by atoms with Crippen molar-refractivity contribution >= 4 is 11.6 Å². The van der Waals surface area contributed by atoms with Crippen molar-refractivity contribution in [1.29, 1.82) is 0 Å². The highest BCUT2D eigenvalue weighted by atomic mass is 35.5. The van der Waals surface area contributed by atoms with Crippen molar-refractivity contribution in [3.63, 3.8) is 0 Å². The van der Waals surface area contributed by atoms with E-state index in [-0.39, 0.29) is 5.41 Å². The van der Waals surface area contributed by atoms with E-state index < -0.39 is 0 Å². The third-order valence-corrected chi connectivity index (χ3v) is 4.71. The number of hydrogen-bond acceptors (Lipinski definition) is 1. The number of halogens is 1. The summed E-state index contributed by atoms with van der Waals surface area (Å²) in [6.07, 6.45) is 1.07. The highest BCUT2D eigenvalue weighted by Gasteiger charge is 2.38. The first-order chi connectivity index (χ1) is 9.59. The summed E-state index contributed by atoms with van der Waals surface area (Å²) in [5.41, 5.74) is 5.69. The van der Waals surface area contributed by atoms with E-state index in [9.17, 15) is 0 Å². The van der Waals surface area contributed by atoms with Gasteiger partial charge in [-0.2, -0.15) is 0 Å². The van der Waals surface area contributed by atoms with Crippen LogP contribution < -0.4 is 5.32 Å². The normalized spacial score (nSPS) is 16.8. The van der Waals surface area contributed by atoms with Crippen LogP contribution in [0, 0.1) is 13.8 Å². The van der Waals surface area contributed by atoms with Gasteiger partial charge in [0.1, 0.15) is 0 Å². The fraction of sp³-hybridized carbons (Fsp3) is 0.333. The fourth-order valence-corrected chi connectivity index (χ4v) is 3.17. The molecule has 20 heavy (non-hydrogen) atoms. The van der Waals surface area contributed by atoms with Crippen molar-refractivity contribution in [3.05, 3.63) is 69.7 Å². The summed E-state index contributed by atoms with van der Waals surface area (Å²) < 4.78 is 0. The van der Waals surface area contributed by atoms with Gasteiger partial charge < -0.3 is 5.32 Å². The van der Waals surface area contributed by atoms with E-state index in [4.69, 9.17) is 11.6 Å². The van der Waals surface area contributed by atoms with Crippen LogP contribution in [-0.4, -0.2) is 13.1 Å². The molecule has 1 N–H and O–H groups in total. The molecule has 1 saturated heterocycles. The summed E-state index contributed by atoms with van der Waals surface area (Å²) in [6, 6.07) is 15.1. The number of rotatable bonds is 3. The van der Waals surface area contributed by atoms with E-state index in [2.05, 4.69) is 55.6 Å². The molecule has 0 atom stereocenters. The average Bonchev–Trinajstić information content (AvgIpc) is 2.38. The maximum Gasteiger partial charge on any atom is 0.0408 e. The van der Waals surface area contributed by atoms with Gasteiger partial charge in [0.2, 0.25) is 0 Å². The Morgan fingerprint density at radius 2 is 1.85 bits per heavy atom. The van der Waals surface area contributed by atoms with Gasteiger partial charge in [-0.1, -0.05) is 41.9 Å². The lowest BCUT2D eigenvalue weighted by Gasteiger charge is -2.43. The molecular formula is C18H20ClN. The molecule has 0 amide bonds. The van der Waals surface area contributed by atoms with Crippen LogP contribution in [0.4, 0.5) is 0 Å². The average molecular weight is 286 g/mol. The predicted molar refractivity (Wildman–Crippen MR) is 85.6 cm³/mol. The fourth-order valence-electron chi connectivity index (χ4n) is 2.98. The Hall–Kier alpha value is -1.31. The molecule has 1 nitrogen and oxygen atoms in total. The topological polar surface area (TPSA) is 12.0 Å². The Labute approximate surface area is 126 Å². The van der Waals surface area contributed by atoms with Gasteiger partial charge in [-0.05, 0) is 54.7 Å². The second kappa shape index (κ2) is 5.23. The standard InChI is InChI=1S/C18H20ClN/c1-13-6-7-15(8-14(13)2)10-18(11-20-12-18)16-4-3-5-17(19)9-16/h3-9,20H,10-12H2,1-2H3. The van der Waals surface area contributed by atoms with Crippen LogP contribution in [-0.2, 0) is 11.8 Å². The highest BCUT2D eigenvalue weighted by molar-refractivity contribution is 6.30. The SMILES string of the molecule is Cc1ccc(CC2(c3cccc(Cl)c3)CNC2)cc1C. The van der Waals surface area contributed by atoms with Crippen LogP contribution in [0.3, 0.4) is 0 Å². The zero-order valence-electron chi connectivity index (χ0n) is 12.0. The summed E-state index contributed by atoms with van der Waals surface area (Å²) in [7, 11) is 0. The molecule has 104 valence electrons. The van der Waals surface area contributed by atoms with Gasteiger partial charge in [-0.25, -0.2) is 0 Å². The first-order valence-corrected chi connectivity index (χ1v) is 7.50. The molecular weight excluding hydrogens is 266 g/mol. The largest absolute Gasteiger partial charge is 0.315 e. The van der Waals surface area contributed by atoms with Crippen LogP contribution in [0.1, 0.15) is 22.3 Å². The van der Waals surface area contributed by atoms with Gasteiger partial charge in [0.05, 0.1) is 0 Å². The maximum atomic E-state index is 6.16. The Kier molecular flexibility index (Phi) is 3.57. The maximum absolute atomic E-state index is 6.16. The summed E-state index contributed by atoms with van der Waals surface area (Å²) >= 11 is 6.16. The van der Waals surface area contributed by atoms with Crippen molar-refractivity contribution in [2.75, 3.05) is 13.1 Å². The molecule has 0 bridgehead atoms. The third kappa shape index (κ3) is 2.48. The van der Waals surface area contributed by atoms with Crippen molar-refractivity contribution in [2.24, 2.45) is 0 Å². The van der Waals surface area contributed by atoms with Crippen LogP contribution in [0.2, 0.25) is 5.02 Å². The van der Waals surface area contributed by atoms with E-state index in [1.165, 1.54) is 22.3 Å². The minimum Gasteiger partial charge on any atom is -0.315 e. The van der Waals surface area contributed by atoms with Gasteiger partial charge in [0.15, 0.2) is 0 Å². The van der Waals surface area contributed by atoms with Crippen LogP contribution in [0.5, 0.6) is 0 Å². The van der Waals surface area contributed by atoms with Crippen molar-refractivity contribution in [2.45, 2.75) is 25.7 Å². The van der Waals surface area contributed by atoms with Crippen molar-refractivity contribution < 1.29 is 0 Å². The minimum atomic E-state index is 0.201. The lowest BCUT2D eigenvalue weighted by molar-refractivity contribution is 0.274. The second-order valence-electron chi connectivity index (χ2n) is 5.99. The lowest BCUT2D eigenvalue weighted by Crippen LogP contribution is -2.58. The number of nitrogens with one attached hydrogen (secondary N) is 1. The molecule has 3 rings (SSSR count). The summed E-state index contributed by atoms with van der Waals surface area (Å²) in [4.78, 5) is 0. The van der Waals surface area contributed by atoms with E-state index in [1.54, 1.807) is 0 Å². The molecule has 0 aliphatic carbocycles. The van der Waals surface area contributed by atoms with Gasteiger partial charge in [-0.3, -0.25) is 0 Å². The van der Waals surface area contributed by atoms with E-state index >= 15 is 0 Å². The Balaban J connectivity index is 1.91. The van der Waals surface area contributed by atoms with Crippen LogP contribution in [0.25, 0.3) is 0 Å². The molecule has 2 aromatic rings. The molecule has 2 aromatic carbocycles. The van der Waals surface area contributed by atoms with E-state index in [0.717, 1.165) is 24.5 Å². The number of aryl methyl sites for hydroxylation is 2. The van der Waals surface area contributed by atoms with Crippen LogP contribution >= 0.6 is 11.6 Å². The quantitative estimate of drug-likeness (QED) is 0.897. The number of hydrogen-bond donors (Lipinski definition) is 1. The van der Waals surface area contributed by atoms with Crippen LogP contribution in [0.15, 0.2) is 42.5 Å². The number of benzene rings is 2. The molecule has 2 heteroatoms. The molecule has 0 unspecified atom stereocenters. The molecule has 0 saturated carbocycles. The molecule has 1 aliphatic rings. The molecule has 1 aliphatic heterocycles. The van der Waals surface area contributed by atoms with E-state index in [1.807, 2.05) is 6.07 Å². The predicted octanol–water partition coefficient (Wildman–Crippen LogP) is 4.04. The molecule has 0 radical (unpaired) electrons. The Morgan fingerprint density at radius 3 is 2.45 bits per heavy atom. The van der Waals surface area contributed by atoms with E-state index in [0.29, 0.717) is 0 Å². The zero-order valence-corrected chi connectivity index (χ0v) is 12.8. The van der Waals surface area contributed by atoms with Crippen molar-refractivity contribution in [3.8, 4) is 0 Å². The van der Waals surface area contributed by atoms with Gasteiger partial charge >= 0.3 is 0 Å². The summed E-state index contributed by atoms with van der Waals surface area (Å²) in [6.45, 7) is 6.40. The summed E-state index contributed by atoms with van der Waals surface area (Å²) in [5, 5.41) is 4.25. The Bertz CT molecular complexity index is 629. The van der Waals surface area contributed by atoms with Crippen molar-refractivity contribution in [1.82, 2.24) is 5.32 Å².